The van der Waals surface area contributed by atoms with Gasteiger partial charge in [-0.2, -0.15) is 0 Å². The quantitative estimate of drug-likeness (QED) is 0.327. The Morgan fingerprint density at radius 1 is 0.586 bits per heavy atom. The minimum absolute atomic E-state index is 0.332. The van der Waals surface area contributed by atoms with E-state index in [9.17, 15) is 8.78 Å². The Balaban J connectivity index is 1.69. The van der Waals surface area contributed by atoms with Crippen molar-refractivity contribution in [2.24, 2.45) is 0 Å². The van der Waals surface area contributed by atoms with Gasteiger partial charge in [-0.15, -0.1) is 0 Å². The first-order chi connectivity index (χ1) is 14.1. The summed E-state index contributed by atoms with van der Waals surface area (Å²) in [5, 5.41) is 0. The summed E-state index contributed by atoms with van der Waals surface area (Å²) in [6.45, 7) is 4.31. The van der Waals surface area contributed by atoms with Crippen LogP contribution in [0.4, 0.5) is 8.78 Å². The van der Waals surface area contributed by atoms with Crippen LogP contribution in [0.3, 0.4) is 0 Å². The summed E-state index contributed by atoms with van der Waals surface area (Å²) in [4.78, 5) is 0. The van der Waals surface area contributed by atoms with Crippen molar-refractivity contribution in [3.8, 4) is 11.1 Å². The molecular formula is C27H30F2. The van der Waals surface area contributed by atoms with Crippen LogP contribution in [0.25, 0.3) is 11.1 Å². The highest BCUT2D eigenvalue weighted by atomic mass is 19.2. The fraction of sp³-hybridized carbons (Fsp3) is 0.333. The van der Waals surface area contributed by atoms with Gasteiger partial charge in [0.05, 0.1) is 0 Å². The molecule has 29 heavy (non-hydrogen) atoms. The Morgan fingerprint density at radius 3 is 1.86 bits per heavy atom. The number of benzene rings is 3. The molecule has 3 aromatic carbocycles. The van der Waals surface area contributed by atoms with Crippen LogP contribution in [0, 0.1) is 11.6 Å². The number of hydrogen-bond acceptors (Lipinski definition) is 0. The molecule has 0 atom stereocenters. The van der Waals surface area contributed by atoms with E-state index >= 15 is 0 Å². The second kappa shape index (κ2) is 10.3. The van der Waals surface area contributed by atoms with Crippen LogP contribution >= 0.6 is 0 Å². The maximum Gasteiger partial charge on any atom is 0.166 e. The molecule has 0 bridgehead atoms. The molecular weight excluding hydrogens is 362 g/mol. The van der Waals surface area contributed by atoms with E-state index in [1.54, 1.807) is 12.1 Å². The number of unbranched alkanes of at least 4 members (excludes halogenated alkanes) is 2. The van der Waals surface area contributed by atoms with Crippen LogP contribution in [0.1, 0.15) is 55.4 Å². The van der Waals surface area contributed by atoms with Gasteiger partial charge in [-0.3, -0.25) is 0 Å². The molecule has 0 amide bonds. The minimum Gasteiger partial charge on any atom is -0.203 e. The lowest BCUT2D eigenvalue weighted by Gasteiger charge is -2.10. The third kappa shape index (κ3) is 5.53. The molecule has 0 nitrogen and oxygen atoms in total. The molecule has 2 heteroatoms. The SMILES string of the molecule is CCCCCc1ccc(-c2ccc(CCc3ccc(CC)cc3)c(F)c2F)cc1. The third-order valence-electron chi connectivity index (χ3n) is 5.61. The molecule has 0 aliphatic carbocycles. The lowest BCUT2D eigenvalue weighted by atomic mass is 9.97. The second-order valence-corrected chi connectivity index (χ2v) is 7.72. The van der Waals surface area contributed by atoms with Gasteiger partial charge in [0.2, 0.25) is 0 Å². The van der Waals surface area contributed by atoms with Crippen molar-refractivity contribution in [1.29, 1.82) is 0 Å². The van der Waals surface area contributed by atoms with Crippen molar-refractivity contribution >= 4 is 0 Å². The standard InChI is InChI=1S/C27H30F2/c1-3-5-6-7-21-12-15-23(16-13-21)25-19-18-24(26(28)27(25)29)17-14-22-10-8-20(4-2)9-11-22/h8-13,15-16,18-19H,3-7,14,17H2,1-2H3. The van der Waals surface area contributed by atoms with Crippen molar-refractivity contribution in [3.05, 3.63) is 94.6 Å². The van der Waals surface area contributed by atoms with Crippen molar-refractivity contribution in [1.82, 2.24) is 0 Å². The van der Waals surface area contributed by atoms with Gasteiger partial charge in [0, 0.05) is 5.56 Å². The Labute approximate surface area is 173 Å². The third-order valence-corrected chi connectivity index (χ3v) is 5.61. The average molecular weight is 393 g/mol. The first-order valence-corrected chi connectivity index (χ1v) is 10.8. The highest BCUT2D eigenvalue weighted by Crippen LogP contribution is 2.27. The topological polar surface area (TPSA) is 0 Å². The number of hydrogen-bond donors (Lipinski definition) is 0. The number of aryl methyl sites for hydroxylation is 4. The fourth-order valence-corrected chi connectivity index (χ4v) is 3.66. The second-order valence-electron chi connectivity index (χ2n) is 7.72. The van der Waals surface area contributed by atoms with Crippen molar-refractivity contribution < 1.29 is 8.78 Å². The molecule has 0 aliphatic rings. The van der Waals surface area contributed by atoms with E-state index in [4.69, 9.17) is 0 Å². The highest BCUT2D eigenvalue weighted by molar-refractivity contribution is 5.65. The highest BCUT2D eigenvalue weighted by Gasteiger charge is 2.14. The molecule has 0 unspecified atom stereocenters. The predicted molar refractivity (Wildman–Crippen MR) is 118 cm³/mol. The molecule has 0 saturated carbocycles. The van der Waals surface area contributed by atoms with Gasteiger partial charge >= 0.3 is 0 Å². The molecule has 0 saturated heterocycles. The van der Waals surface area contributed by atoms with Crippen molar-refractivity contribution in [3.63, 3.8) is 0 Å². The van der Waals surface area contributed by atoms with Gasteiger partial charge in [0.15, 0.2) is 11.6 Å². The predicted octanol–water partition coefficient (Wildman–Crippen LogP) is 7.71. The summed E-state index contributed by atoms with van der Waals surface area (Å²) in [7, 11) is 0. The monoisotopic (exact) mass is 392 g/mol. The smallest absolute Gasteiger partial charge is 0.166 e. The van der Waals surface area contributed by atoms with Gasteiger partial charge < -0.3 is 0 Å². The van der Waals surface area contributed by atoms with Gasteiger partial charge in [-0.25, -0.2) is 8.78 Å². The van der Waals surface area contributed by atoms with Crippen LogP contribution in [-0.4, -0.2) is 0 Å². The summed E-state index contributed by atoms with van der Waals surface area (Å²) in [6, 6.07) is 19.6. The zero-order chi connectivity index (χ0) is 20.6. The zero-order valence-corrected chi connectivity index (χ0v) is 17.5. The van der Waals surface area contributed by atoms with E-state index in [0.29, 0.717) is 24.0 Å². The van der Waals surface area contributed by atoms with Crippen LogP contribution < -0.4 is 0 Å². The van der Waals surface area contributed by atoms with Gasteiger partial charge in [-0.05, 0) is 59.9 Å². The van der Waals surface area contributed by atoms with E-state index in [-0.39, 0.29) is 0 Å². The summed E-state index contributed by atoms with van der Waals surface area (Å²) >= 11 is 0. The normalized spacial score (nSPS) is 11.0. The van der Waals surface area contributed by atoms with Crippen molar-refractivity contribution in [2.75, 3.05) is 0 Å². The van der Waals surface area contributed by atoms with Crippen LogP contribution in [-0.2, 0) is 25.7 Å². The molecule has 0 aromatic heterocycles. The maximum atomic E-state index is 14.7. The molecule has 152 valence electrons. The first-order valence-electron chi connectivity index (χ1n) is 10.8. The van der Waals surface area contributed by atoms with Crippen LogP contribution in [0.15, 0.2) is 60.7 Å². The summed E-state index contributed by atoms with van der Waals surface area (Å²) < 4.78 is 29.4. The van der Waals surface area contributed by atoms with Gasteiger partial charge in [0.25, 0.3) is 0 Å². The van der Waals surface area contributed by atoms with E-state index in [2.05, 4.69) is 38.1 Å². The molecule has 3 aromatic rings. The lowest BCUT2D eigenvalue weighted by molar-refractivity contribution is 0.501. The first kappa shape index (κ1) is 21.2. The Bertz CT molecular complexity index is 909. The van der Waals surface area contributed by atoms with E-state index in [1.807, 2.05) is 24.3 Å². The number of halogens is 2. The summed E-state index contributed by atoms with van der Waals surface area (Å²) in [5.74, 6) is -1.47. The zero-order valence-electron chi connectivity index (χ0n) is 17.5. The van der Waals surface area contributed by atoms with Gasteiger partial charge in [0.1, 0.15) is 0 Å². The minimum atomic E-state index is -0.748. The molecule has 0 fully saturated rings. The van der Waals surface area contributed by atoms with Crippen molar-refractivity contribution in [2.45, 2.75) is 58.8 Å². The van der Waals surface area contributed by atoms with Crippen LogP contribution in [0.5, 0.6) is 0 Å². The van der Waals surface area contributed by atoms with E-state index in [0.717, 1.165) is 30.4 Å². The summed E-state index contributed by atoms with van der Waals surface area (Å²) in [6.07, 6.45) is 6.79. The molecule has 0 N–H and O–H groups in total. The maximum absolute atomic E-state index is 14.7. The molecule has 0 heterocycles. The Kier molecular flexibility index (Phi) is 7.57. The van der Waals surface area contributed by atoms with Gasteiger partial charge in [-0.1, -0.05) is 87.4 Å². The fourth-order valence-electron chi connectivity index (χ4n) is 3.66. The lowest BCUT2D eigenvalue weighted by Crippen LogP contribution is -2.00. The number of rotatable bonds is 9. The molecule has 0 radical (unpaired) electrons. The van der Waals surface area contributed by atoms with E-state index in [1.165, 1.54) is 24.0 Å². The molecule has 0 spiro atoms. The Hall–Kier alpha value is -2.48. The largest absolute Gasteiger partial charge is 0.203 e. The average Bonchev–Trinajstić information content (AvgIpc) is 2.76. The van der Waals surface area contributed by atoms with Crippen LogP contribution in [0.2, 0.25) is 0 Å². The Morgan fingerprint density at radius 2 is 1.21 bits per heavy atom. The van der Waals surface area contributed by atoms with E-state index < -0.39 is 11.6 Å². The summed E-state index contributed by atoms with van der Waals surface area (Å²) in [5.41, 5.74) is 5.16. The molecule has 0 aliphatic heterocycles. The molecule has 3 rings (SSSR count).